The van der Waals surface area contributed by atoms with E-state index in [-0.39, 0.29) is 12.3 Å². The molecule has 0 fully saturated rings. The highest BCUT2D eigenvalue weighted by Crippen LogP contribution is 2.20. The first kappa shape index (κ1) is 26.2. The van der Waals surface area contributed by atoms with Crippen LogP contribution in [0, 0.1) is 0 Å². The lowest BCUT2D eigenvalue weighted by Crippen LogP contribution is -2.44. The molecule has 2 aromatic heterocycles. The summed E-state index contributed by atoms with van der Waals surface area (Å²) in [5, 5.41) is 19.7. The van der Waals surface area contributed by atoms with E-state index in [0.29, 0.717) is 27.8 Å². The van der Waals surface area contributed by atoms with Crippen LogP contribution in [0.5, 0.6) is 0 Å². The van der Waals surface area contributed by atoms with Gasteiger partial charge in [0, 0.05) is 30.0 Å². The fourth-order valence-corrected chi connectivity index (χ4v) is 3.72. The Labute approximate surface area is 222 Å². The summed E-state index contributed by atoms with van der Waals surface area (Å²) >= 11 is 6.15. The van der Waals surface area contributed by atoms with Gasteiger partial charge in [-0.15, -0.1) is 5.10 Å². The summed E-state index contributed by atoms with van der Waals surface area (Å²) in [7, 11) is 0. The Balaban J connectivity index is 1.50. The summed E-state index contributed by atoms with van der Waals surface area (Å²) in [5.74, 6) is -0.808. The number of anilines is 2. The molecule has 12 heteroatoms. The summed E-state index contributed by atoms with van der Waals surface area (Å²) in [4.78, 5) is 41.3. The van der Waals surface area contributed by atoms with E-state index < -0.39 is 17.9 Å². The Bertz CT molecular complexity index is 1440. The molecule has 4 rings (SSSR count). The van der Waals surface area contributed by atoms with E-state index in [2.05, 4.69) is 36.5 Å². The topological polar surface area (TPSA) is 144 Å². The quantitative estimate of drug-likeness (QED) is 0.282. The number of halogens is 1. The number of benzene rings is 2. The number of hydrogen-bond donors (Lipinski definition) is 3. The van der Waals surface area contributed by atoms with E-state index in [1.54, 1.807) is 36.4 Å². The van der Waals surface area contributed by atoms with Gasteiger partial charge < -0.3 is 16.0 Å². The molecule has 3 amide bonds. The normalized spacial score (nSPS) is 11.6. The van der Waals surface area contributed by atoms with Crippen molar-refractivity contribution in [1.29, 1.82) is 0 Å². The van der Waals surface area contributed by atoms with Crippen LogP contribution < -0.4 is 16.0 Å². The molecule has 2 heterocycles. The van der Waals surface area contributed by atoms with Crippen molar-refractivity contribution in [2.24, 2.45) is 0 Å². The lowest BCUT2D eigenvalue weighted by Gasteiger charge is -2.18. The minimum absolute atomic E-state index is 0.254. The third-order valence-electron chi connectivity index (χ3n) is 5.25. The predicted molar refractivity (Wildman–Crippen MR) is 142 cm³/mol. The number of tetrazole rings is 1. The maximum atomic E-state index is 13.2. The number of nitrogens with zero attached hydrogens (tertiary/aromatic N) is 5. The first-order chi connectivity index (χ1) is 18.4. The summed E-state index contributed by atoms with van der Waals surface area (Å²) in [6, 6.07) is 16.7. The second kappa shape index (κ2) is 12.4. The standard InChI is InChI=1S/C26H23ClN8O3/c1-17(36)30-24-11-9-21(15-28-24)31-26(38)22(13-18-5-3-2-4-6-18)32-25(37)12-7-19-14-20(27)8-10-23(19)35-16-29-33-34-35/h2-12,14-16,22H,13H2,1H3,(H,31,38)(H,32,37)(H,28,30,36)/b12-7+/t22-/m0/s1. The molecule has 3 N–H and O–H groups in total. The third-order valence-corrected chi connectivity index (χ3v) is 5.49. The molecule has 0 spiro atoms. The van der Waals surface area contributed by atoms with Crippen LogP contribution in [-0.2, 0) is 20.8 Å². The van der Waals surface area contributed by atoms with Crippen LogP contribution in [0.25, 0.3) is 11.8 Å². The highest BCUT2D eigenvalue weighted by atomic mass is 35.5. The van der Waals surface area contributed by atoms with E-state index in [0.717, 1.165) is 5.56 Å². The van der Waals surface area contributed by atoms with Gasteiger partial charge in [0.05, 0.1) is 17.6 Å². The van der Waals surface area contributed by atoms with Crippen molar-refractivity contribution >= 4 is 46.9 Å². The highest BCUT2D eigenvalue weighted by molar-refractivity contribution is 6.30. The zero-order chi connectivity index (χ0) is 26.9. The molecule has 0 aliphatic carbocycles. The molecular weight excluding hydrogens is 508 g/mol. The Morgan fingerprint density at radius 3 is 2.55 bits per heavy atom. The maximum absolute atomic E-state index is 13.2. The average molecular weight is 531 g/mol. The zero-order valence-electron chi connectivity index (χ0n) is 20.2. The number of rotatable bonds is 9. The van der Waals surface area contributed by atoms with Crippen LogP contribution >= 0.6 is 11.6 Å². The van der Waals surface area contributed by atoms with Gasteiger partial charge in [0.2, 0.25) is 17.7 Å². The largest absolute Gasteiger partial charge is 0.340 e. The molecule has 0 bridgehead atoms. The summed E-state index contributed by atoms with van der Waals surface area (Å²) in [6.45, 7) is 1.38. The second-order valence-electron chi connectivity index (χ2n) is 8.14. The summed E-state index contributed by atoms with van der Waals surface area (Å²) in [5.41, 5.74) is 2.51. The number of hydrogen-bond acceptors (Lipinski definition) is 7. The van der Waals surface area contributed by atoms with Crippen molar-refractivity contribution in [3.63, 3.8) is 0 Å². The first-order valence-corrected chi connectivity index (χ1v) is 11.8. The van der Waals surface area contributed by atoms with Crippen LogP contribution in [-0.4, -0.2) is 49.0 Å². The Morgan fingerprint density at radius 1 is 1.05 bits per heavy atom. The van der Waals surface area contributed by atoms with E-state index in [1.165, 1.54) is 30.2 Å². The molecule has 4 aromatic rings. The van der Waals surface area contributed by atoms with E-state index >= 15 is 0 Å². The summed E-state index contributed by atoms with van der Waals surface area (Å²) in [6.07, 6.45) is 5.99. The summed E-state index contributed by atoms with van der Waals surface area (Å²) < 4.78 is 1.45. The monoisotopic (exact) mass is 530 g/mol. The van der Waals surface area contributed by atoms with Crippen LogP contribution in [0.2, 0.25) is 5.02 Å². The fourth-order valence-electron chi connectivity index (χ4n) is 3.54. The smallest absolute Gasteiger partial charge is 0.247 e. The lowest BCUT2D eigenvalue weighted by atomic mass is 10.0. The number of carbonyl (C=O) groups excluding carboxylic acids is 3. The minimum atomic E-state index is -0.886. The number of aromatic nitrogens is 5. The molecule has 0 saturated carbocycles. The number of carbonyl (C=O) groups is 3. The molecule has 0 radical (unpaired) electrons. The number of nitrogens with one attached hydrogen (secondary N) is 3. The first-order valence-electron chi connectivity index (χ1n) is 11.5. The molecule has 11 nitrogen and oxygen atoms in total. The van der Waals surface area contributed by atoms with Crippen molar-refractivity contribution in [1.82, 2.24) is 30.5 Å². The lowest BCUT2D eigenvalue weighted by molar-refractivity contribution is -0.123. The van der Waals surface area contributed by atoms with Gasteiger partial charge in [-0.1, -0.05) is 41.9 Å². The van der Waals surface area contributed by atoms with Crippen molar-refractivity contribution in [3.05, 3.63) is 95.4 Å². The van der Waals surface area contributed by atoms with Crippen molar-refractivity contribution in [3.8, 4) is 5.69 Å². The number of pyridine rings is 1. The molecular formula is C26H23ClN8O3. The van der Waals surface area contributed by atoms with Gasteiger partial charge in [-0.05, 0) is 52.4 Å². The SMILES string of the molecule is CC(=O)Nc1ccc(NC(=O)[C@H](Cc2ccccc2)NC(=O)/C=C/c2cc(Cl)ccc2-n2cnnn2)cn1. The van der Waals surface area contributed by atoms with E-state index in [1.807, 2.05) is 30.3 Å². The van der Waals surface area contributed by atoms with Crippen LogP contribution in [0.15, 0.2) is 79.3 Å². The highest BCUT2D eigenvalue weighted by Gasteiger charge is 2.21. The minimum Gasteiger partial charge on any atom is -0.340 e. The molecule has 0 unspecified atom stereocenters. The molecule has 0 aliphatic heterocycles. The average Bonchev–Trinajstić information content (AvgIpc) is 3.43. The van der Waals surface area contributed by atoms with Gasteiger partial charge >= 0.3 is 0 Å². The van der Waals surface area contributed by atoms with Gasteiger partial charge in [-0.3, -0.25) is 14.4 Å². The van der Waals surface area contributed by atoms with Crippen LogP contribution in [0.4, 0.5) is 11.5 Å². The number of amides is 3. The molecule has 0 aliphatic rings. The second-order valence-corrected chi connectivity index (χ2v) is 8.58. The molecule has 192 valence electrons. The third kappa shape index (κ3) is 7.31. The van der Waals surface area contributed by atoms with Gasteiger partial charge in [0.15, 0.2) is 0 Å². The van der Waals surface area contributed by atoms with E-state index in [4.69, 9.17) is 11.6 Å². The van der Waals surface area contributed by atoms with Crippen molar-refractivity contribution in [2.75, 3.05) is 10.6 Å². The van der Waals surface area contributed by atoms with Gasteiger partial charge in [-0.2, -0.15) is 4.68 Å². The Hall–Kier alpha value is -4.90. The van der Waals surface area contributed by atoms with Gasteiger partial charge in [0.1, 0.15) is 18.2 Å². The Kier molecular flexibility index (Phi) is 8.52. The van der Waals surface area contributed by atoms with Gasteiger partial charge in [0.25, 0.3) is 0 Å². The zero-order valence-corrected chi connectivity index (χ0v) is 21.0. The van der Waals surface area contributed by atoms with E-state index in [9.17, 15) is 14.4 Å². The van der Waals surface area contributed by atoms with Crippen molar-refractivity contribution < 1.29 is 14.4 Å². The molecule has 38 heavy (non-hydrogen) atoms. The molecule has 0 saturated heterocycles. The maximum Gasteiger partial charge on any atom is 0.247 e. The molecule has 1 atom stereocenters. The Morgan fingerprint density at radius 2 is 1.87 bits per heavy atom. The van der Waals surface area contributed by atoms with Gasteiger partial charge in [-0.25, -0.2) is 4.98 Å². The molecule has 2 aromatic carbocycles. The van der Waals surface area contributed by atoms with Crippen LogP contribution in [0.3, 0.4) is 0 Å². The predicted octanol–water partition coefficient (Wildman–Crippen LogP) is 3.05. The fraction of sp³-hybridized carbons (Fsp3) is 0.115. The van der Waals surface area contributed by atoms with Crippen LogP contribution in [0.1, 0.15) is 18.1 Å². The van der Waals surface area contributed by atoms with Crippen molar-refractivity contribution in [2.45, 2.75) is 19.4 Å².